The van der Waals surface area contributed by atoms with Crippen LogP contribution in [0.3, 0.4) is 0 Å². The molecule has 2 aromatic rings. The lowest BCUT2D eigenvalue weighted by atomic mass is 9.95. The molecular weight excluding hydrogens is 336 g/mol. The molecule has 8 heteroatoms. The molecule has 1 N–H and O–H groups in total. The van der Waals surface area contributed by atoms with E-state index in [2.05, 4.69) is 15.4 Å². The SMILES string of the molecule is CCc1nc2n(n1)C(c1ccc3c(c1)OCCO3)C(C(=O)OC)=C(C)N2. The van der Waals surface area contributed by atoms with E-state index in [-0.39, 0.29) is 0 Å². The van der Waals surface area contributed by atoms with Gasteiger partial charge in [0.15, 0.2) is 17.3 Å². The van der Waals surface area contributed by atoms with Gasteiger partial charge in [-0.2, -0.15) is 10.1 Å². The fraction of sp³-hybridized carbons (Fsp3) is 0.389. The first-order valence-corrected chi connectivity index (χ1v) is 8.53. The second-order valence-electron chi connectivity index (χ2n) is 6.11. The van der Waals surface area contributed by atoms with Crippen LogP contribution in [0.4, 0.5) is 5.95 Å². The van der Waals surface area contributed by atoms with Crippen molar-refractivity contribution in [2.75, 3.05) is 25.6 Å². The number of esters is 1. The van der Waals surface area contributed by atoms with Crippen molar-refractivity contribution in [3.8, 4) is 11.5 Å². The van der Waals surface area contributed by atoms with Crippen LogP contribution >= 0.6 is 0 Å². The molecule has 1 atom stereocenters. The van der Waals surface area contributed by atoms with E-state index in [0.717, 1.165) is 5.56 Å². The Morgan fingerprint density at radius 3 is 2.85 bits per heavy atom. The van der Waals surface area contributed by atoms with Crippen molar-refractivity contribution in [1.29, 1.82) is 0 Å². The smallest absolute Gasteiger partial charge is 0.338 e. The number of aryl methyl sites for hydroxylation is 1. The standard InChI is InChI=1S/C18H20N4O4/c1-4-14-20-18-19-10(2)15(17(23)24-3)16(22(18)21-14)11-5-6-12-13(9-11)26-8-7-25-12/h5-6,9,16H,4,7-8H2,1-3H3,(H,19,20,21). The van der Waals surface area contributed by atoms with Gasteiger partial charge in [-0.15, -0.1) is 0 Å². The van der Waals surface area contributed by atoms with Gasteiger partial charge in [0.2, 0.25) is 5.95 Å². The van der Waals surface area contributed by atoms with Crippen molar-refractivity contribution in [2.24, 2.45) is 0 Å². The minimum atomic E-state index is -0.456. The first-order valence-electron chi connectivity index (χ1n) is 8.53. The number of aromatic nitrogens is 3. The Kier molecular flexibility index (Phi) is 4.02. The Labute approximate surface area is 150 Å². The molecule has 8 nitrogen and oxygen atoms in total. The molecule has 3 heterocycles. The van der Waals surface area contributed by atoms with E-state index in [9.17, 15) is 4.79 Å². The number of rotatable bonds is 3. The summed E-state index contributed by atoms with van der Waals surface area (Å²) < 4.78 is 18.0. The third-order valence-electron chi connectivity index (χ3n) is 4.50. The molecule has 0 bridgehead atoms. The molecule has 0 amide bonds. The summed E-state index contributed by atoms with van der Waals surface area (Å²) in [6.07, 6.45) is 0.697. The maximum atomic E-state index is 12.5. The number of hydrogen-bond donors (Lipinski definition) is 1. The van der Waals surface area contributed by atoms with Crippen LogP contribution in [0.25, 0.3) is 0 Å². The van der Waals surface area contributed by atoms with Crippen LogP contribution in [0.2, 0.25) is 0 Å². The van der Waals surface area contributed by atoms with Crippen LogP contribution < -0.4 is 14.8 Å². The van der Waals surface area contributed by atoms with E-state index in [0.29, 0.717) is 54.2 Å². The zero-order chi connectivity index (χ0) is 18.3. The number of fused-ring (bicyclic) bond motifs is 2. The number of methoxy groups -OCH3 is 1. The number of anilines is 1. The number of benzene rings is 1. The number of nitrogens with one attached hydrogen (secondary N) is 1. The lowest BCUT2D eigenvalue weighted by molar-refractivity contribution is -0.136. The summed E-state index contributed by atoms with van der Waals surface area (Å²) in [7, 11) is 1.37. The molecule has 1 unspecified atom stereocenters. The second-order valence-corrected chi connectivity index (χ2v) is 6.11. The summed E-state index contributed by atoms with van der Waals surface area (Å²) in [5, 5.41) is 7.72. The Balaban J connectivity index is 1.87. The maximum absolute atomic E-state index is 12.5. The van der Waals surface area contributed by atoms with Gasteiger partial charge in [0.05, 0.1) is 12.7 Å². The number of allylic oxidation sites excluding steroid dienone is 1. The van der Waals surface area contributed by atoms with E-state index in [1.807, 2.05) is 32.0 Å². The second kappa shape index (κ2) is 6.36. The van der Waals surface area contributed by atoms with Gasteiger partial charge in [-0.3, -0.25) is 0 Å². The van der Waals surface area contributed by atoms with E-state index >= 15 is 0 Å². The molecule has 0 radical (unpaired) electrons. The molecule has 0 aliphatic carbocycles. The topological polar surface area (TPSA) is 87.5 Å². The number of nitrogens with zero attached hydrogens (tertiary/aromatic N) is 3. The number of hydrogen-bond acceptors (Lipinski definition) is 7. The zero-order valence-electron chi connectivity index (χ0n) is 14.9. The Hall–Kier alpha value is -3.03. The molecule has 4 rings (SSSR count). The molecule has 0 fully saturated rings. The average Bonchev–Trinajstić information content (AvgIpc) is 3.08. The minimum absolute atomic E-state index is 0.408. The summed E-state index contributed by atoms with van der Waals surface area (Å²) in [5.74, 6) is 2.25. The highest BCUT2D eigenvalue weighted by Gasteiger charge is 2.35. The van der Waals surface area contributed by atoms with Gasteiger partial charge in [-0.1, -0.05) is 13.0 Å². The zero-order valence-corrected chi connectivity index (χ0v) is 14.9. The molecule has 136 valence electrons. The molecule has 2 aliphatic rings. The lowest BCUT2D eigenvalue weighted by Crippen LogP contribution is -2.29. The van der Waals surface area contributed by atoms with Crippen LogP contribution in [0.5, 0.6) is 11.5 Å². The first kappa shape index (κ1) is 16.4. The minimum Gasteiger partial charge on any atom is -0.486 e. The van der Waals surface area contributed by atoms with E-state index in [1.165, 1.54) is 7.11 Å². The quantitative estimate of drug-likeness (QED) is 0.842. The molecule has 26 heavy (non-hydrogen) atoms. The van der Waals surface area contributed by atoms with Crippen LogP contribution in [-0.2, 0) is 16.0 Å². The summed E-state index contributed by atoms with van der Waals surface area (Å²) in [5.41, 5.74) is 2.04. The summed E-state index contributed by atoms with van der Waals surface area (Å²) >= 11 is 0. The third-order valence-corrected chi connectivity index (χ3v) is 4.50. The fourth-order valence-electron chi connectivity index (χ4n) is 3.26. The van der Waals surface area contributed by atoms with Crippen LogP contribution in [0.15, 0.2) is 29.5 Å². The van der Waals surface area contributed by atoms with Gasteiger partial charge in [0, 0.05) is 12.1 Å². The molecule has 0 saturated heterocycles. The lowest BCUT2D eigenvalue weighted by Gasteiger charge is -2.28. The Morgan fingerprint density at radius 1 is 1.35 bits per heavy atom. The fourth-order valence-corrected chi connectivity index (χ4v) is 3.26. The molecule has 2 aliphatic heterocycles. The van der Waals surface area contributed by atoms with Crippen LogP contribution in [0, 0.1) is 0 Å². The average molecular weight is 356 g/mol. The monoisotopic (exact) mass is 356 g/mol. The van der Waals surface area contributed by atoms with Crippen LogP contribution in [-0.4, -0.2) is 41.1 Å². The van der Waals surface area contributed by atoms with Crippen LogP contribution in [0.1, 0.15) is 31.3 Å². The highest BCUT2D eigenvalue weighted by molar-refractivity contribution is 5.92. The number of carbonyl (C=O) groups excluding carboxylic acids is 1. The van der Waals surface area contributed by atoms with Crippen molar-refractivity contribution >= 4 is 11.9 Å². The summed E-state index contributed by atoms with van der Waals surface area (Å²) in [4.78, 5) is 17.0. The maximum Gasteiger partial charge on any atom is 0.338 e. The highest BCUT2D eigenvalue weighted by Crippen LogP contribution is 2.39. The predicted molar refractivity (Wildman–Crippen MR) is 93.3 cm³/mol. The Bertz CT molecular complexity index is 903. The van der Waals surface area contributed by atoms with Gasteiger partial charge in [0.25, 0.3) is 0 Å². The van der Waals surface area contributed by atoms with Crippen molar-refractivity contribution in [2.45, 2.75) is 26.3 Å². The van der Waals surface area contributed by atoms with Gasteiger partial charge in [-0.05, 0) is 24.6 Å². The molecule has 1 aromatic heterocycles. The highest BCUT2D eigenvalue weighted by atomic mass is 16.6. The molecule has 1 aromatic carbocycles. The van der Waals surface area contributed by atoms with E-state index in [1.54, 1.807) is 4.68 Å². The normalized spacial score (nSPS) is 18.2. The Morgan fingerprint density at radius 2 is 2.12 bits per heavy atom. The molecule has 0 spiro atoms. The van der Waals surface area contributed by atoms with Crippen molar-refractivity contribution < 1.29 is 19.0 Å². The van der Waals surface area contributed by atoms with Gasteiger partial charge in [-0.25, -0.2) is 9.48 Å². The first-order chi connectivity index (χ1) is 12.6. The summed E-state index contributed by atoms with van der Waals surface area (Å²) in [6.45, 7) is 4.85. The number of ether oxygens (including phenoxy) is 3. The third kappa shape index (κ3) is 2.58. The van der Waals surface area contributed by atoms with Gasteiger partial charge >= 0.3 is 5.97 Å². The number of carbonyl (C=O) groups is 1. The van der Waals surface area contributed by atoms with Crippen molar-refractivity contribution in [1.82, 2.24) is 14.8 Å². The van der Waals surface area contributed by atoms with Crippen molar-refractivity contribution in [3.05, 3.63) is 40.9 Å². The summed E-state index contributed by atoms with van der Waals surface area (Å²) in [6, 6.07) is 5.20. The van der Waals surface area contributed by atoms with Gasteiger partial charge < -0.3 is 19.5 Å². The van der Waals surface area contributed by atoms with Crippen molar-refractivity contribution in [3.63, 3.8) is 0 Å². The van der Waals surface area contributed by atoms with E-state index < -0.39 is 12.0 Å². The van der Waals surface area contributed by atoms with E-state index in [4.69, 9.17) is 14.2 Å². The molecular formula is C18H20N4O4. The largest absolute Gasteiger partial charge is 0.486 e. The van der Waals surface area contributed by atoms with Gasteiger partial charge in [0.1, 0.15) is 19.3 Å². The molecule has 0 saturated carbocycles. The predicted octanol–water partition coefficient (Wildman–Crippen LogP) is 2.07.